The van der Waals surface area contributed by atoms with E-state index in [0.717, 1.165) is 6.07 Å². The highest BCUT2D eigenvalue weighted by Gasteiger charge is 2.33. The zero-order chi connectivity index (χ0) is 17.8. The highest BCUT2D eigenvalue weighted by molar-refractivity contribution is 7.98. The summed E-state index contributed by atoms with van der Waals surface area (Å²) in [6.07, 6.45) is -3.07. The Morgan fingerprint density at radius 1 is 1.43 bits per heavy atom. The van der Waals surface area contributed by atoms with Crippen LogP contribution in [0.25, 0.3) is 0 Å². The molecule has 0 unspecified atom stereocenters. The summed E-state index contributed by atoms with van der Waals surface area (Å²) < 4.78 is 64.3. The second-order valence-corrected chi connectivity index (χ2v) is 7.51. The van der Waals surface area contributed by atoms with Gasteiger partial charge in [-0.1, -0.05) is 11.6 Å². The molecule has 0 fully saturated rings. The van der Waals surface area contributed by atoms with Crippen LogP contribution in [0.15, 0.2) is 23.1 Å². The highest BCUT2D eigenvalue weighted by Crippen LogP contribution is 2.33. The Kier molecular flexibility index (Phi) is 6.75. The van der Waals surface area contributed by atoms with Crippen LogP contribution in [0, 0.1) is 0 Å². The van der Waals surface area contributed by atoms with Crippen LogP contribution >= 0.6 is 23.4 Å². The van der Waals surface area contributed by atoms with Crippen molar-refractivity contribution in [2.75, 3.05) is 12.0 Å². The van der Waals surface area contributed by atoms with Crippen molar-refractivity contribution in [3.63, 3.8) is 0 Å². The Hall–Kier alpha value is -0.970. The van der Waals surface area contributed by atoms with Gasteiger partial charge in [-0.05, 0) is 36.6 Å². The zero-order valence-electron chi connectivity index (χ0n) is 11.7. The lowest BCUT2D eigenvalue weighted by Gasteiger charge is -2.16. The molecule has 0 aliphatic carbocycles. The average Bonchev–Trinajstić information content (AvgIpc) is 2.42. The summed E-state index contributed by atoms with van der Waals surface area (Å²) in [7, 11) is -4.52. The summed E-state index contributed by atoms with van der Waals surface area (Å²) in [5.74, 6) is -1.07. The summed E-state index contributed by atoms with van der Waals surface area (Å²) in [5.41, 5.74) is -1.20. The molecule has 0 heterocycles. The number of benzene rings is 1. The number of carbonyl (C=O) groups is 1. The molecule has 0 aliphatic rings. The molecule has 11 heteroatoms. The molecule has 1 aromatic carbocycles. The molecule has 0 bridgehead atoms. The van der Waals surface area contributed by atoms with E-state index in [4.69, 9.17) is 16.7 Å². The first-order valence-electron chi connectivity index (χ1n) is 6.10. The second-order valence-electron chi connectivity index (χ2n) is 4.44. The smallest absolute Gasteiger partial charge is 0.416 e. The summed E-state index contributed by atoms with van der Waals surface area (Å²) in [4.78, 5) is 10.3. The van der Waals surface area contributed by atoms with E-state index >= 15 is 0 Å². The van der Waals surface area contributed by atoms with Gasteiger partial charge in [0.05, 0.1) is 10.6 Å². The molecular weight excluding hydrogens is 379 g/mol. The Labute approximate surface area is 140 Å². The number of rotatable bonds is 7. The predicted molar refractivity (Wildman–Crippen MR) is 81.2 cm³/mol. The van der Waals surface area contributed by atoms with Crippen LogP contribution < -0.4 is 4.72 Å². The number of carboxylic acids is 1. The van der Waals surface area contributed by atoms with Gasteiger partial charge in [-0.25, -0.2) is 8.42 Å². The first-order chi connectivity index (χ1) is 10.5. The standard InChI is InChI=1S/C12H13ClF3NO4S2/c1-22-5-4-9(11(18)19)17-23(20,21)10-6-7(12(14,15)16)2-3-8(10)13/h2-3,6,9,17H,4-5H2,1H3,(H,18,19)/t9-/m0/s1. The molecule has 1 rings (SSSR count). The summed E-state index contributed by atoms with van der Waals surface area (Å²) in [6.45, 7) is 0. The van der Waals surface area contributed by atoms with Crippen LogP contribution in [-0.2, 0) is 21.0 Å². The quantitative estimate of drug-likeness (QED) is 0.746. The van der Waals surface area contributed by atoms with Crippen molar-refractivity contribution in [1.29, 1.82) is 0 Å². The largest absolute Gasteiger partial charge is 0.480 e. The molecule has 0 saturated carbocycles. The van der Waals surface area contributed by atoms with E-state index in [1.165, 1.54) is 11.8 Å². The lowest BCUT2D eigenvalue weighted by Crippen LogP contribution is -2.41. The van der Waals surface area contributed by atoms with Crippen LogP contribution in [0.3, 0.4) is 0 Å². The lowest BCUT2D eigenvalue weighted by atomic mass is 10.2. The van der Waals surface area contributed by atoms with Crippen LogP contribution in [0.2, 0.25) is 5.02 Å². The van der Waals surface area contributed by atoms with E-state index < -0.39 is 43.7 Å². The number of alkyl halides is 3. The van der Waals surface area contributed by atoms with Crippen molar-refractivity contribution in [3.8, 4) is 0 Å². The molecule has 0 aliphatic heterocycles. The van der Waals surface area contributed by atoms with Gasteiger partial charge in [-0.3, -0.25) is 4.79 Å². The molecule has 1 atom stereocenters. The fourth-order valence-electron chi connectivity index (χ4n) is 1.60. The number of sulfonamides is 1. The number of carboxylic acid groups (broad SMARTS) is 1. The van der Waals surface area contributed by atoms with E-state index in [9.17, 15) is 26.4 Å². The first kappa shape index (κ1) is 20.1. The second kappa shape index (κ2) is 7.73. The average molecular weight is 392 g/mol. The molecule has 0 spiro atoms. The van der Waals surface area contributed by atoms with Crippen molar-refractivity contribution in [3.05, 3.63) is 28.8 Å². The lowest BCUT2D eigenvalue weighted by molar-refractivity contribution is -0.139. The fourth-order valence-corrected chi connectivity index (χ4v) is 3.83. The van der Waals surface area contributed by atoms with Crippen LogP contribution in [0.1, 0.15) is 12.0 Å². The van der Waals surface area contributed by atoms with Gasteiger partial charge in [-0.15, -0.1) is 0 Å². The molecular formula is C12H13ClF3NO4S2. The molecule has 0 amide bonds. The van der Waals surface area contributed by atoms with E-state index in [0.29, 0.717) is 17.9 Å². The Bertz CT molecular complexity index is 679. The monoisotopic (exact) mass is 391 g/mol. The summed E-state index contributed by atoms with van der Waals surface area (Å²) >= 11 is 6.97. The molecule has 1 aromatic rings. The Balaban J connectivity index is 3.19. The molecule has 5 nitrogen and oxygen atoms in total. The topological polar surface area (TPSA) is 83.5 Å². The van der Waals surface area contributed by atoms with Gasteiger partial charge in [-0.2, -0.15) is 29.7 Å². The van der Waals surface area contributed by atoms with Crippen molar-refractivity contribution in [2.24, 2.45) is 0 Å². The molecule has 0 aromatic heterocycles. The number of hydrogen-bond donors (Lipinski definition) is 2. The minimum absolute atomic E-state index is 0.0215. The van der Waals surface area contributed by atoms with Gasteiger partial charge >= 0.3 is 12.1 Å². The third-order valence-corrected chi connectivity index (χ3v) is 5.35. The minimum Gasteiger partial charge on any atom is -0.480 e. The van der Waals surface area contributed by atoms with Gasteiger partial charge in [0.2, 0.25) is 10.0 Å². The van der Waals surface area contributed by atoms with Gasteiger partial charge < -0.3 is 5.11 Å². The fraction of sp³-hybridized carbons (Fsp3) is 0.417. The molecule has 23 heavy (non-hydrogen) atoms. The van der Waals surface area contributed by atoms with Crippen molar-refractivity contribution >= 4 is 39.4 Å². The van der Waals surface area contributed by atoms with Gasteiger partial charge in [0, 0.05) is 0 Å². The number of nitrogens with one attached hydrogen (secondary N) is 1. The Morgan fingerprint density at radius 3 is 2.52 bits per heavy atom. The van der Waals surface area contributed by atoms with Crippen LogP contribution in [-0.4, -0.2) is 37.5 Å². The summed E-state index contributed by atoms with van der Waals surface area (Å²) in [6, 6.07) is 0.358. The number of aliphatic carboxylic acids is 1. The maximum absolute atomic E-state index is 12.7. The zero-order valence-corrected chi connectivity index (χ0v) is 14.1. The highest BCUT2D eigenvalue weighted by atomic mass is 35.5. The van der Waals surface area contributed by atoms with E-state index in [-0.39, 0.29) is 6.42 Å². The van der Waals surface area contributed by atoms with E-state index in [1.807, 2.05) is 4.72 Å². The van der Waals surface area contributed by atoms with Crippen molar-refractivity contribution in [2.45, 2.75) is 23.5 Å². The summed E-state index contributed by atoms with van der Waals surface area (Å²) in [5, 5.41) is 8.58. The third kappa shape index (κ3) is 5.55. The van der Waals surface area contributed by atoms with Crippen LogP contribution in [0.5, 0.6) is 0 Å². The van der Waals surface area contributed by atoms with Crippen molar-refractivity contribution < 1.29 is 31.5 Å². The number of halogens is 4. The van der Waals surface area contributed by atoms with Gasteiger partial charge in [0.15, 0.2) is 0 Å². The third-order valence-electron chi connectivity index (χ3n) is 2.75. The first-order valence-corrected chi connectivity index (χ1v) is 9.35. The maximum Gasteiger partial charge on any atom is 0.416 e. The SMILES string of the molecule is CSCC[C@H](NS(=O)(=O)c1cc(C(F)(F)F)ccc1Cl)C(=O)O. The van der Waals surface area contributed by atoms with Gasteiger partial charge in [0.1, 0.15) is 10.9 Å². The molecule has 130 valence electrons. The van der Waals surface area contributed by atoms with Crippen molar-refractivity contribution in [1.82, 2.24) is 4.72 Å². The number of hydrogen-bond acceptors (Lipinski definition) is 4. The van der Waals surface area contributed by atoms with Gasteiger partial charge in [0.25, 0.3) is 0 Å². The molecule has 2 N–H and O–H groups in total. The predicted octanol–water partition coefficient (Wildman–Crippen LogP) is 2.84. The number of thioether (sulfide) groups is 1. The minimum atomic E-state index is -4.75. The van der Waals surface area contributed by atoms with E-state index in [2.05, 4.69) is 0 Å². The molecule has 0 radical (unpaired) electrons. The Morgan fingerprint density at radius 2 is 2.04 bits per heavy atom. The maximum atomic E-state index is 12.7. The normalized spacial score (nSPS) is 13.8. The molecule has 0 saturated heterocycles. The van der Waals surface area contributed by atoms with E-state index in [1.54, 1.807) is 6.26 Å². The van der Waals surface area contributed by atoms with Crippen LogP contribution in [0.4, 0.5) is 13.2 Å².